The van der Waals surface area contributed by atoms with Crippen LogP contribution in [0.2, 0.25) is 0 Å². The molecule has 0 saturated carbocycles. The van der Waals surface area contributed by atoms with Crippen molar-refractivity contribution >= 4 is 18.5 Å². The van der Waals surface area contributed by atoms with Gasteiger partial charge in [0.25, 0.3) is 0 Å². The Morgan fingerprint density at radius 1 is 1.26 bits per heavy atom. The Kier molecular flexibility index (Phi) is 4.14. The molecule has 0 atom stereocenters. The lowest BCUT2D eigenvalue weighted by molar-refractivity contribution is 0.372. The van der Waals surface area contributed by atoms with Crippen LogP contribution in [0.4, 0.5) is 0 Å². The molecule has 2 rings (SSSR count). The molecule has 0 bridgehead atoms. The number of hydrogen-bond donors (Lipinski definition) is 3. The lowest BCUT2D eigenvalue weighted by Crippen LogP contribution is -1.94. The van der Waals surface area contributed by atoms with Crippen LogP contribution in [0.25, 0.3) is 10.9 Å². The van der Waals surface area contributed by atoms with Gasteiger partial charge >= 0.3 is 7.60 Å². The van der Waals surface area contributed by atoms with E-state index < -0.39 is 7.60 Å². The summed E-state index contributed by atoms with van der Waals surface area (Å²) in [6, 6.07) is 5.57. The van der Waals surface area contributed by atoms with E-state index in [9.17, 15) is 14.4 Å². The Balaban J connectivity index is 2.40. The molecule has 0 radical (unpaired) electrons. The third-order valence-corrected chi connectivity index (χ3v) is 3.99. The number of aromatic nitrogens is 1. The third-order valence-electron chi connectivity index (χ3n) is 3.24. The Morgan fingerprint density at radius 2 is 2.00 bits per heavy atom. The van der Waals surface area contributed by atoms with Gasteiger partial charge in [-0.2, -0.15) is 0 Å². The van der Waals surface area contributed by atoms with Gasteiger partial charge < -0.3 is 14.8 Å². The molecule has 0 unspecified atom stereocenters. The monoisotopic (exact) mass is 281 g/mol. The van der Waals surface area contributed by atoms with Crippen LogP contribution in [0.3, 0.4) is 0 Å². The molecule has 5 heteroatoms. The minimum absolute atomic E-state index is 0.198. The quantitative estimate of drug-likeness (QED) is 0.735. The highest BCUT2D eigenvalue weighted by Crippen LogP contribution is 2.41. The summed E-state index contributed by atoms with van der Waals surface area (Å²) >= 11 is 0. The average Bonchev–Trinajstić information content (AvgIpc) is 2.68. The van der Waals surface area contributed by atoms with E-state index in [2.05, 4.69) is 18.8 Å². The molecule has 0 amide bonds. The molecule has 104 valence electrons. The van der Waals surface area contributed by atoms with Crippen molar-refractivity contribution in [3.8, 4) is 0 Å². The van der Waals surface area contributed by atoms with Crippen LogP contribution in [-0.4, -0.2) is 14.8 Å². The summed E-state index contributed by atoms with van der Waals surface area (Å²) in [4.78, 5) is 21.5. The zero-order chi connectivity index (χ0) is 14.0. The van der Waals surface area contributed by atoms with Crippen LogP contribution in [0.5, 0.6) is 0 Å². The van der Waals surface area contributed by atoms with Crippen LogP contribution in [-0.2, 0) is 17.1 Å². The molecular weight excluding hydrogens is 261 g/mol. The van der Waals surface area contributed by atoms with Crippen molar-refractivity contribution in [1.82, 2.24) is 4.98 Å². The highest BCUT2D eigenvalue weighted by atomic mass is 31.2. The molecule has 0 aliphatic heterocycles. The first-order chi connectivity index (χ1) is 8.87. The van der Waals surface area contributed by atoms with Gasteiger partial charge in [0.2, 0.25) is 0 Å². The van der Waals surface area contributed by atoms with E-state index in [0.29, 0.717) is 5.92 Å². The molecule has 2 aromatic rings. The van der Waals surface area contributed by atoms with E-state index >= 15 is 0 Å². The number of fused-ring (bicyclic) bond motifs is 1. The van der Waals surface area contributed by atoms with Crippen LogP contribution in [0.15, 0.2) is 24.4 Å². The average molecular weight is 281 g/mol. The van der Waals surface area contributed by atoms with Crippen molar-refractivity contribution < 1.29 is 14.4 Å². The summed E-state index contributed by atoms with van der Waals surface area (Å²) in [6.45, 7) is 4.34. The van der Waals surface area contributed by atoms with E-state index in [1.807, 2.05) is 18.3 Å². The van der Waals surface area contributed by atoms with Gasteiger partial charge in [-0.25, -0.2) is 0 Å². The first-order valence-electron chi connectivity index (χ1n) is 6.49. The number of nitrogens with one attached hydrogen (secondary N) is 1. The van der Waals surface area contributed by atoms with Gasteiger partial charge in [0, 0.05) is 17.1 Å². The maximum absolute atomic E-state index is 11.2. The molecule has 0 fully saturated rings. The topological polar surface area (TPSA) is 73.3 Å². The van der Waals surface area contributed by atoms with Gasteiger partial charge in [-0.05, 0) is 36.0 Å². The van der Waals surface area contributed by atoms with Gasteiger partial charge in [-0.15, -0.1) is 0 Å². The number of hydrogen-bond acceptors (Lipinski definition) is 1. The smallest absolute Gasteiger partial charge is 0.329 e. The van der Waals surface area contributed by atoms with Crippen LogP contribution in [0, 0.1) is 5.92 Å². The number of aryl methyl sites for hydroxylation is 1. The first kappa shape index (κ1) is 14.3. The Hall–Kier alpha value is -1.09. The fraction of sp³-hybridized carbons (Fsp3) is 0.429. The SMILES string of the molecule is CC(C)CCc1c[nH]c2cccc(CP(=O)(O)O)c12. The minimum Gasteiger partial charge on any atom is -0.361 e. The molecule has 1 aromatic heterocycles. The first-order valence-corrected chi connectivity index (χ1v) is 8.29. The van der Waals surface area contributed by atoms with E-state index in [1.54, 1.807) is 6.07 Å². The second-order valence-electron chi connectivity index (χ2n) is 5.41. The molecule has 1 aromatic carbocycles. The van der Waals surface area contributed by atoms with E-state index in [-0.39, 0.29) is 6.16 Å². The van der Waals surface area contributed by atoms with Gasteiger partial charge in [-0.3, -0.25) is 4.57 Å². The van der Waals surface area contributed by atoms with Gasteiger partial charge in [0.1, 0.15) is 0 Å². The number of rotatable bonds is 5. The van der Waals surface area contributed by atoms with Crippen molar-refractivity contribution in [3.63, 3.8) is 0 Å². The zero-order valence-electron chi connectivity index (χ0n) is 11.3. The maximum atomic E-state index is 11.2. The van der Waals surface area contributed by atoms with Crippen LogP contribution >= 0.6 is 7.60 Å². The lowest BCUT2D eigenvalue weighted by Gasteiger charge is -2.08. The van der Waals surface area contributed by atoms with Crippen molar-refractivity contribution in [1.29, 1.82) is 0 Å². The highest BCUT2D eigenvalue weighted by molar-refractivity contribution is 7.50. The van der Waals surface area contributed by atoms with E-state index in [4.69, 9.17) is 0 Å². The number of aromatic amines is 1. The fourth-order valence-corrected chi connectivity index (χ4v) is 3.04. The molecule has 0 spiro atoms. The van der Waals surface area contributed by atoms with Gasteiger partial charge in [0.15, 0.2) is 0 Å². The number of H-pyrrole nitrogens is 1. The van der Waals surface area contributed by atoms with Crippen molar-refractivity contribution in [2.24, 2.45) is 5.92 Å². The summed E-state index contributed by atoms with van der Waals surface area (Å²) in [7, 11) is -4.04. The highest BCUT2D eigenvalue weighted by Gasteiger charge is 2.18. The summed E-state index contributed by atoms with van der Waals surface area (Å²) < 4.78 is 11.2. The Morgan fingerprint density at radius 3 is 2.63 bits per heavy atom. The van der Waals surface area contributed by atoms with Crippen molar-refractivity contribution in [2.75, 3.05) is 0 Å². The molecule has 4 nitrogen and oxygen atoms in total. The second kappa shape index (κ2) is 5.49. The van der Waals surface area contributed by atoms with Crippen molar-refractivity contribution in [3.05, 3.63) is 35.5 Å². The summed E-state index contributed by atoms with van der Waals surface area (Å²) in [5.74, 6) is 0.610. The van der Waals surface area contributed by atoms with Gasteiger partial charge in [-0.1, -0.05) is 26.0 Å². The van der Waals surface area contributed by atoms with Crippen LogP contribution < -0.4 is 0 Å². The van der Waals surface area contributed by atoms with E-state index in [0.717, 1.165) is 34.9 Å². The summed E-state index contributed by atoms with van der Waals surface area (Å²) in [5, 5.41) is 0.978. The zero-order valence-corrected chi connectivity index (χ0v) is 12.2. The second-order valence-corrected chi connectivity index (χ2v) is 7.05. The molecule has 19 heavy (non-hydrogen) atoms. The van der Waals surface area contributed by atoms with Crippen LogP contribution in [0.1, 0.15) is 31.4 Å². The molecule has 0 aliphatic rings. The lowest BCUT2D eigenvalue weighted by atomic mass is 10.00. The molecule has 0 saturated heterocycles. The number of benzene rings is 1. The molecular formula is C14H20NO3P. The maximum Gasteiger partial charge on any atom is 0.329 e. The van der Waals surface area contributed by atoms with Gasteiger partial charge in [0.05, 0.1) is 6.16 Å². The largest absolute Gasteiger partial charge is 0.361 e. The molecule has 3 N–H and O–H groups in total. The molecule has 0 aliphatic carbocycles. The fourth-order valence-electron chi connectivity index (χ4n) is 2.33. The summed E-state index contributed by atoms with van der Waals surface area (Å²) in [6.07, 6.45) is 3.75. The minimum atomic E-state index is -4.04. The van der Waals surface area contributed by atoms with E-state index in [1.165, 1.54) is 0 Å². The Labute approximate surface area is 113 Å². The normalized spacial score (nSPS) is 12.5. The Bertz CT molecular complexity index is 612. The van der Waals surface area contributed by atoms with Crippen molar-refractivity contribution in [2.45, 2.75) is 32.9 Å². The molecule has 1 heterocycles. The standard InChI is InChI=1S/C14H20NO3P/c1-10(2)6-7-11-8-15-13-5-3-4-12(14(11)13)9-19(16,17)18/h3-5,8,10,15H,6-7,9H2,1-2H3,(H2,16,17,18). The third kappa shape index (κ3) is 3.69. The predicted octanol–water partition coefficient (Wildman–Crippen LogP) is 3.43. The summed E-state index contributed by atoms with van der Waals surface area (Å²) in [5.41, 5.74) is 2.82. The predicted molar refractivity (Wildman–Crippen MR) is 77.2 cm³/mol.